The van der Waals surface area contributed by atoms with Crippen LogP contribution in [0.3, 0.4) is 0 Å². The summed E-state index contributed by atoms with van der Waals surface area (Å²) in [4.78, 5) is 18.3. The predicted octanol–water partition coefficient (Wildman–Crippen LogP) is 3.74. The third-order valence-corrected chi connectivity index (χ3v) is 4.20. The molecule has 0 radical (unpaired) electrons. The highest BCUT2D eigenvalue weighted by atomic mass is 19.4. The summed E-state index contributed by atoms with van der Waals surface area (Å²) in [5.74, 6) is -0.781. The van der Waals surface area contributed by atoms with Gasteiger partial charge >= 0.3 is 6.18 Å². The first kappa shape index (κ1) is 19.7. The average molecular weight is 395 g/mol. The number of nitrogens with zero attached hydrogens (tertiary/aromatic N) is 4. The highest BCUT2D eigenvalue weighted by Crippen LogP contribution is 2.34. The van der Waals surface area contributed by atoms with Crippen molar-refractivity contribution in [2.45, 2.75) is 33.0 Å². The molecule has 3 aromatic rings. The monoisotopic (exact) mass is 395 g/mol. The van der Waals surface area contributed by atoms with Crippen LogP contribution in [0.15, 0.2) is 35.3 Å². The summed E-state index contributed by atoms with van der Waals surface area (Å²) in [6.07, 6.45) is -3.14. The topological polar surface area (TPSA) is 76.5 Å². The van der Waals surface area contributed by atoms with Crippen molar-refractivity contribution in [2.24, 2.45) is 5.92 Å². The molecule has 6 nitrogen and oxygen atoms in total. The Morgan fingerprint density at radius 3 is 2.43 bits per heavy atom. The van der Waals surface area contributed by atoms with Crippen molar-refractivity contribution in [1.29, 1.82) is 0 Å². The number of halogens is 4. The first-order valence-corrected chi connectivity index (χ1v) is 8.43. The number of aryl methyl sites for hydroxylation is 1. The van der Waals surface area contributed by atoms with Gasteiger partial charge < -0.3 is 4.98 Å². The molecular formula is C18H17F4N5O. The molecule has 148 valence electrons. The molecule has 3 rings (SSSR count). The molecule has 0 saturated carbocycles. The number of aromatic amines is 1. The van der Waals surface area contributed by atoms with Crippen LogP contribution in [-0.4, -0.2) is 25.0 Å². The van der Waals surface area contributed by atoms with E-state index >= 15 is 0 Å². The molecule has 28 heavy (non-hydrogen) atoms. The van der Waals surface area contributed by atoms with E-state index < -0.39 is 23.6 Å². The molecule has 2 aromatic heterocycles. The second-order valence-corrected chi connectivity index (χ2v) is 6.72. The van der Waals surface area contributed by atoms with Crippen LogP contribution < -0.4 is 5.56 Å². The van der Waals surface area contributed by atoms with Gasteiger partial charge in [0.25, 0.3) is 5.56 Å². The molecule has 1 aromatic carbocycles. The molecule has 0 bridgehead atoms. The fourth-order valence-corrected chi connectivity index (χ4v) is 2.99. The van der Waals surface area contributed by atoms with Crippen LogP contribution in [0.5, 0.6) is 0 Å². The fourth-order valence-electron chi connectivity index (χ4n) is 2.99. The Bertz CT molecular complexity index is 1050. The van der Waals surface area contributed by atoms with Crippen LogP contribution in [0, 0.1) is 18.7 Å². The lowest BCUT2D eigenvalue weighted by Gasteiger charge is -2.22. The van der Waals surface area contributed by atoms with Gasteiger partial charge in [0, 0.05) is 11.6 Å². The van der Waals surface area contributed by atoms with Gasteiger partial charge in [0.1, 0.15) is 17.3 Å². The third-order valence-electron chi connectivity index (χ3n) is 4.20. The SMILES string of the molecule is Cc1nc(-c2cn(C(c3ccc(C(F)(F)F)cc3F)C(C)C)nn2)cc(=O)[nH]1. The molecule has 2 heterocycles. The Morgan fingerprint density at radius 2 is 1.86 bits per heavy atom. The lowest BCUT2D eigenvalue weighted by molar-refractivity contribution is -0.137. The van der Waals surface area contributed by atoms with Gasteiger partial charge in [-0.1, -0.05) is 25.1 Å². The molecule has 0 spiro atoms. The van der Waals surface area contributed by atoms with Crippen molar-refractivity contribution in [3.05, 3.63) is 63.6 Å². The summed E-state index contributed by atoms with van der Waals surface area (Å²) in [6.45, 7) is 5.20. The zero-order chi connectivity index (χ0) is 20.6. The molecule has 0 fully saturated rings. The van der Waals surface area contributed by atoms with Gasteiger partial charge in [0.05, 0.1) is 23.5 Å². The average Bonchev–Trinajstić information content (AvgIpc) is 3.04. The largest absolute Gasteiger partial charge is 0.416 e. The first-order valence-electron chi connectivity index (χ1n) is 8.43. The van der Waals surface area contributed by atoms with E-state index in [1.807, 2.05) is 0 Å². The number of H-pyrrole nitrogens is 1. The minimum Gasteiger partial charge on any atom is -0.311 e. The minimum absolute atomic E-state index is 0.0644. The van der Waals surface area contributed by atoms with Crippen molar-refractivity contribution < 1.29 is 17.6 Å². The molecule has 0 aliphatic heterocycles. The smallest absolute Gasteiger partial charge is 0.311 e. The number of nitrogens with one attached hydrogen (secondary N) is 1. The molecule has 1 N–H and O–H groups in total. The molecule has 10 heteroatoms. The predicted molar refractivity (Wildman–Crippen MR) is 93.0 cm³/mol. The lowest BCUT2D eigenvalue weighted by Crippen LogP contribution is -2.19. The highest BCUT2D eigenvalue weighted by Gasteiger charge is 2.32. The summed E-state index contributed by atoms with van der Waals surface area (Å²) >= 11 is 0. The quantitative estimate of drug-likeness (QED) is 0.683. The van der Waals surface area contributed by atoms with Crippen molar-refractivity contribution >= 4 is 0 Å². The van der Waals surface area contributed by atoms with Crippen LogP contribution >= 0.6 is 0 Å². The van der Waals surface area contributed by atoms with Gasteiger partial charge in [-0.3, -0.25) is 4.79 Å². The first-order chi connectivity index (χ1) is 13.1. The third kappa shape index (κ3) is 3.95. The molecule has 1 unspecified atom stereocenters. The van der Waals surface area contributed by atoms with Crippen molar-refractivity contribution in [2.75, 3.05) is 0 Å². The maximum absolute atomic E-state index is 14.5. The van der Waals surface area contributed by atoms with Crippen molar-refractivity contribution in [1.82, 2.24) is 25.0 Å². The number of rotatable bonds is 4. The summed E-state index contributed by atoms with van der Waals surface area (Å²) in [5.41, 5.74) is -0.755. The number of aromatic nitrogens is 5. The number of hydrogen-bond donors (Lipinski definition) is 1. The Hall–Kier alpha value is -3.04. The second kappa shape index (κ2) is 7.17. The van der Waals surface area contributed by atoms with Crippen LogP contribution in [0.2, 0.25) is 0 Å². The minimum atomic E-state index is -4.63. The Morgan fingerprint density at radius 1 is 1.14 bits per heavy atom. The summed E-state index contributed by atoms with van der Waals surface area (Å²) in [6, 6.07) is 2.99. The van der Waals surface area contributed by atoms with Crippen LogP contribution in [-0.2, 0) is 6.18 Å². The summed E-state index contributed by atoms with van der Waals surface area (Å²) in [7, 11) is 0. The Kier molecular flexibility index (Phi) is 5.05. The van der Waals surface area contributed by atoms with Crippen LogP contribution in [0.1, 0.15) is 36.8 Å². The van der Waals surface area contributed by atoms with E-state index in [1.165, 1.54) is 16.9 Å². The summed E-state index contributed by atoms with van der Waals surface area (Å²) < 4.78 is 54.3. The van der Waals surface area contributed by atoms with E-state index in [1.54, 1.807) is 20.8 Å². The Balaban J connectivity index is 2.03. The normalized spacial score (nSPS) is 13.1. The van der Waals surface area contributed by atoms with Crippen molar-refractivity contribution in [3.63, 3.8) is 0 Å². The number of benzene rings is 1. The zero-order valence-electron chi connectivity index (χ0n) is 15.3. The molecule has 0 aliphatic rings. The standard InChI is InChI=1S/C18H17F4N5O/c1-9(2)17(12-5-4-11(6-13(12)19)18(20,21)22)27-8-15(25-26-27)14-7-16(28)24-10(3)23-14/h4-9,17H,1-3H3,(H,23,24,28). The maximum Gasteiger partial charge on any atom is 0.416 e. The van der Waals surface area contributed by atoms with Gasteiger partial charge in [-0.2, -0.15) is 13.2 Å². The van der Waals surface area contributed by atoms with E-state index in [-0.39, 0.29) is 17.0 Å². The van der Waals surface area contributed by atoms with E-state index in [0.29, 0.717) is 23.3 Å². The van der Waals surface area contributed by atoms with Gasteiger partial charge in [-0.25, -0.2) is 14.1 Å². The highest BCUT2D eigenvalue weighted by molar-refractivity contribution is 5.51. The van der Waals surface area contributed by atoms with Gasteiger partial charge in [-0.15, -0.1) is 5.10 Å². The van der Waals surface area contributed by atoms with Crippen LogP contribution in [0.25, 0.3) is 11.4 Å². The Labute approximate surface area is 157 Å². The molecule has 0 aliphatic carbocycles. The van der Waals surface area contributed by atoms with Crippen molar-refractivity contribution in [3.8, 4) is 11.4 Å². The zero-order valence-corrected chi connectivity index (χ0v) is 15.3. The lowest BCUT2D eigenvalue weighted by atomic mass is 9.94. The van der Waals surface area contributed by atoms with Gasteiger partial charge in [-0.05, 0) is 25.0 Å². The van der Waals surface area contributed by atoms with E-state index in [0.717, 1.165) is 12.1 Å². The van der Waals surface area contributed by atoms with Gasteiger partial charge in [0.2, 0.25) is 0 Å². The molecule has 0 amide bonds. The fraction of sp³-hybridized carbons (Fsp3) is 0.333. The molecular weight excluding hydrogens is 378 g/mol. The van der Waals surface area contributed by atoms with E-state index in [9.17, 15) is 22.4 Å². The van der Waals surface area contributed by atoms with E-state index in [4.69, 9.17) is 0 Å². The maximum atomic E-state index is 14.5. The molecule has 0 saturated heterocycles. The summed E-state index contributed by atoms with van der Waals surface area (Å²) in [5, 5.41) is 7.97. The van der Waals surface area contributed by atoms with Crippen LogP contribution in [0.4, 0.5) is 17.6 Å². The number of hydrogen-bond acceptors (Lipinski definition) is 4. The molecule has 1 atom stereocenters. The second-order valence-electron chi connectivity index (χ2n) is 6.72. The number of alkyl halides is 3. The van der Waals surface area contributed by atoms with Gasteiger partial charge in [0.15, 0.2) is 0 Å². The van der Waals surface area contributed by atoms with E-state index in [2.05, 4.69) is 20.3 Å².